The predicted molar refractivity (Wildman–Crippen MR) is 160 cm³/mol. The third kappa shape index (κ3) is 5.60. The smallest absolute Gasteiger partial charge is 1.00 e. The summed E-state index contributed by atoms with van der Waals surface area (Å²) in [5.74, 6) is 0.501. The van der Waals surface area contributed by atoms with E-state index in [1.54, 1.807) is 18.2 Å². The molecular formula is C34H32N3NaO6. The van der Waals surface area contributed by atoms with E-state index >= 15 is 0 Å². The third-order valence-corrected chi connectivity index (χ3v) is 8.74. The van der Waals surface area contributed by atoms with Crippen molar-refractivity contribution < 1.29 is 59.9 Å². The van der Waals surface area contributed by atoms with Crippen molar-refractivity contribution in [3.8, 4) is 22.8 Å². The average Bonchev–Trinajstić information content (AvgIpc) is 3.86. The molecule has 0 radical (unpaired) electrons. The van der Waals surface area contributed by atoms with E-state index in [0.29, 0.717) is 72.3 Å². The van der Waals surface area contributed by atoms with Crippen molar-refractivity contribution in [1.29, 1.82) is 0 Å². The molecule has 0 atom stereocenters. The fourth-order valence-electron chi connectivity index (χ4n) is 6.31. The number of nitrogens with zero attached hydrogens (tertiary/aromatic N) is 3. The number of carboxylic acid groups (broad SMARTS) is 1. The SMILES string of the molecule is CCOc1cc(C(=O)N2CCC3(CC2)CC(=O)c2cc(-c4cc(C(=O)O)ccn4)ccc2O3)cc2c(C3CC3)nccc12.[H-].[Na+]. The molecule has 1 aliphatic carbocycles. The maximum atomic E-state index is 13.8. The number of pyridine rings is 2. The molecule has 1 saturated carbocycles. The van der Waals surface area contributed by atoms with Crippen LogP contribution >= 0.6 is 0 Å². The van der Waals surface area contributed by atoms with Crippen LogP contribution < -0.4 is 39.0 Å². The van der Waals surface area contributed by atoms with Gasteiger partial charge in [-0.3, -0.25) is 19.6 Å². The second-order valence-corrected chi connectivity index (χ2v) is 11.6. The van der Waals surface area contributed by atoms with Crippen LogP contribution in [-0.2, 0) is 0 Å². The van der Waals surface area contributed by atoms with Gasteiger partial charge in [0, 0.05) is 66.1 Å². The van der Waals surface area contributed by atoms with Gasteiger partial charge >= 0.3 is 35.5 Å². The van der Waals surface area contributed by atoms with Crippen LogP contribution in [0.25, 0.3) is 22.0 Å². The fraction of sp³-hybridized carbons (Fsp3) is 0.324. The van der Waals surface area contributed by atoms with E-state index < -0.39 is 11.6 Å². The van der Waals surface area contributed by atoms with Gasteiger partial charge in [-0.2, -0.15) is 0 Å². The minimum Gasteiger partial charge on any atom is -1.00 e. The molecule has 10 heteroatoms. The number of aromatic carboxylic acids is 1. The van der Waals surface area contributed by atoms with Crippen LogP contribution in [0.5, 0.6) is 11.5 Å². The summed E-state index contributed by atoms with van der Waals surface area (Å²) in [6, 6.07) is 13.9. The number of likely N-dealkylation sites (tertiary alicyclic amines) is 1. The van der Waals surface area contributed by atoms with Crippen molar-refractivity contribution in [3.63, 3.8) is 0 Å². The number of aromatic nitrogens is 2. The van der Waals surface area contributed by atoms with Gasteiger partial charge in [0.15, 0.2) is 5.78 Å². The number of Topliss-reactive ketones (excluding diaryl/α,β-unsaturated/α-hetero) is 1. The number of carbonyl (C=O) groups excluding carboxylic acids is 2. The molecule has 220 valence electrons. The monoisotopic (exact) mass is 601 g/mol. The topological polar surface area (TPSA) is 119 Å². The first-order valence-electron chi connectivity index (χ1n) is 14.7. The molecule has 7 rings (SSSR count). The molecule has 2 aromatic heterocycles. The number of carbonyl (C=O) groups is 3. The van der Waals surface area contributed by atoms with Crippen LogP contribution in [0.2, 0.25) is 0 Å². The van der Waals surface area contributed by atoms with Crippen molar-refractivity contribution in [3.05, 3.63) is 83.3 Å². The van der Waals surface area contributed by atoms with Crippen LogP contribution in [0.3, 0.4) is 0 Å². The molecule has 9 nitrogen and oxygen atoms in total. The Labute approximate surface area is 278 Å². The molecule has 4 aromatic rings. The summed E-state index contributed by atoms with van der Waals surface area (Å²) >= 11 is 0. The molecule has 1 spiro atoms. The zero-order valence-corrected chi connectivity index (χ0v) is 26.8. The minimum absolute atomic E-state index is 0. The molecule has 44 heavy (non-hydrogen) atoms. The average molecular weight is 602 g/mol. The summed E-state index contributed by atoms with van der Waals surface area (Å²) in [5.41, 5.74) is 2.66. The molecule has 1 N–H and O–H groups in total. The van der Waals surface area contributed by atoms with E-state index in [1.807, 2.05) is 36.2 Å². The van der Waals surface area contributed by atoms with E-state index in [4.69, 9.17) is 9.47 Å². The Morgan fingerprint density at radius 1 is 1.02 bits per heavy atom. The Balaban J connectivity index is 0.00000200. The van der Waals surface area contributed by atoms with Gasteiger partial charge in [0.05, 0.1) is 35.5 Å². The van der Waals surface area contributed by atoms with Crippen molar-refractivity contribution in [1.82, 2.24) is 14.9 Å². The van der Waals surface area contributed by atoms with Crippen LogP contribution in [0, 0.1) is 0 Å². The zero-order chi connectivity index (χ0) is 29.7. The normalized spacial score (nSPS) is 17.0. The Morgan fingerprint density at radius 2 is 1.80 bits per heavy atom. The molecule has 2 aromatic carbocycles. The quantitative estimate of drug-likeness (QED) is 0.335. The van der Waals surface area contributed by atoms with E-state index in [9.17, 15) is 19.5 Å². The van der Waals surface area contributed by atoms with E-state index in [0.717, 1.165) is 29.3 Å². The number of benzene rings is 2. The Morgan fingerprint density at radius 3 is 2.52 bits per heavy atom. The predicted octanol–water partition coefficient (Wildman–Crippen LogP) is 3.03. The van der Waals surface area contributed by atoms with Crippen molar-refractivity contribution in [2.45, 2.75) is 50.5 Å². The standard InChI is InChI=1S/C34H31N3O6.Na.H/c1-2-42-30-18-23(16-25-24(30)8-12-36-31(25)20-3-4-20)32(39)37-13-9-34(10-14-37)19-28(38)26-15-21(5-6-29(26)43-34)27-17-22(33(40)41)7-11-35-27;;/h5-8,11-12,15-18,20H,2-4,9-10,13-14,19H2,1H3,(H,40,41);;/q;+1;-1. The molecular weight excluding hydrogens is 569 g/mol. The summed E-state index contributed by atoms with van der Waals surface area (Å²) in [5, 5.41) is 11.3. The molecule has 2 fully saturated rings. The van der Waals surface area contributed by atoms with Gasteiger partial charge in [0.25, 0.3) is 5.91 Å². The number of amides is 1. The molecule has 3 aliphatic rings. The number of piperidine rings is 1. The Bertz CT molecular complexity index is 1800. The second-order valence-electron chi connectivity index (χ2n) is 11.6. The van der Waals surface area contributed by atoms with Gasteiger partial charge in [0.2, 0.25) is 0 Å². The second kappa shape index (κ2) is 12.0. The van der Waals surface area contributed by atoms with Crippen LogP contribution in [0.1, 0.15) is 83.1 Å². The van der Waals surface area contributed by atoms with Gasteiger partial charge in [-0.1, -0.05) is 0 Å². The molecule has 2 aliphatic heterocycles. The Hall–Kier alpha value is -3.79. The summed E-state index contributed by atoms with van der Waals surface area (Å²) in [4.78, 5) is 49.3. The summed E-state index contributed by atoms with van der Waals surface area (Å²) in [6.07, 6.45) is 6.78. The van der Waals surface area contributed by atoms with Gasteiger partial charge in [-0.25, -0.2) is 4.79 Å². The number of carboxylic acids is 1. The van der Waals surface area contributed by atoms with E-state index in [2.05, 4.69) is 9.97 Å². The summed E-state index contributed by atoms with van der Waals surface area (Å²) in [7, 11) is 0. The number of fused-ring (bicyclic) bond motifs is 2. The maximum Gasteiger partial charge on any atom is 1.00 e. The fourth-order valence-corrected chi connectivity index (χ4v) is 6.31. The molecule has 4 heterocycles. The van der Waals surface area contributed by atoms with E-state index in [1.165, 1.54) is 18.3 Å². The number of hydrogen-bond donors (Lipinski definition) is 1. The first-order chi connectivity index (χ1) is 20.8. The van der Waals surface area contributed by atoms with Crippen LogP contribution in [0.4, 0.5) is 0 Å². The van der Waals surface area contributed by atoms with Crippen LogP contribution in [-0.4, -0.2) is 62.9 Å². The van der Waals surface area contributed by atoms with Crippen molar-refractivity contribution in [2.75, 3.05) is 19.7 Å². The van der Waals surface area contributed by atoms with Crippen LogP contribution in [0.15, 0.2) is 60.9 Å². The number of ether oxygens (including phenoxy) is 2. The number of hydrogen-bond acceptors (Lipinski definition) is 7. The molecule has 1 saturated heterocycles. The van der Waals surface area contributed by atoms with Gasteiger partial charge in [0.1, 0.15) is 17.1 Å². The number of rotatable bonds is 6. The molecule has 0 bridgehead atoms. The van der Waals surface area contributed by atoms with E-state index in [-0.39, 0.29) is 54.7 Å². The van der Waals surface area contributed by atoms with Gasteiger partial charge < -0.3 is 20.9 Å². The zero-order valence-electron chi connectivity index (χ0n) is 25.8. The largest absolute Gasteiger partial charge is 1.00 e. The summed E-state index contributed by atoms with van der Waals surface area (Å²) in [6.45, 7) is 3.37. The van der Waals surface area contributed by atoms with Gasteiger partial charge in [-0.05, 0) is 68.3 Å². The number of ketones is 1. The molecule has 1 amide bonds. The first-order valence-corrected chi connectivity index (χ1v) is 14.7. The molecule has 0 unspecified atom stereocenters. The first kappa shape index (κ1) is 30.2. The maximum absolute atomic E-state index is 13.8. The minimum atomic E-state index is -1.04. The van der Waals surface area contributed by atoms with Crippen molar-refractivity contribution in [2.24, 2.45) is 0 Å². The Kier molecular flexibility index (Phi) is 8.22. The summed E-state index contributed by atoms with van der Waals surface area (Å²) < 4.78 is 12.4. The third-order valence-electron chi connectivity index (χ3n) is 8.74. The van der Waals surface area contributed by atoms with Gasteiger partial charge in [-0.15, -0.1) is 0 Å². The van der Waals surface area contributed by atoms with Crippen molar-refractivity contribution >= 4 is 28.4 Å².